The molecule has 0 saturated carbocycles. The smallest absolute Gasteiger partial charge is 0.0698 e. The lowest BCUT2D eigenvalue weighted by Crippen LogP contribution is -2.27. The van der Waals surface area contributed by atoms with Gasteiger partial charge in [0.25, 0.3) is 0 Å². The molecule has 1 unspecified atom stereocenters. The first-order chi connectivity index (χ1) is 8.92. The Kier molecular flexibility index (Phi) is 5.65. The van der Waals surface area contributed by atoms with E-state index >= 15 is 0 Å². The van der Waals surface area contributed by atoms with Gasteiger partial charge in [-0.1, -0.05) is 24.3 Å². The third-order valence-corrected chi connectivity index (χ3v) is 3.54. The lowest BCUT2D eigenvalue weighted by molar-refractivity contribution is 0.0937. The maximum atomic E-state index is 8.59. The van der Waals surface area contributed by atoms with Crippen molar-refractivity contribution < 1.29 is 9.84 Å². The predicted molar refractivity (Wildman–Crippen MR) is 72.9 cm³/mol. The van der Waals surface area contributed by atoms with Crippen molar-refractivity contribution in [2.24, 2.45) is 0 Å². The van der Waals surface area contributed by atoms with Crippen molar-refractivity contribution in [2.45, 2.75) is 25.2 Å². The highest BCUT2D eigenvalue weighted by Gasteiger charge is 2.18. The Bertz CT molecular complexity index is 354. The molecule has 2 rings (SSSR count). The number of benzene rings is 1. The second kappa shape index (κ2) is 7.52. The SMILES string of the molecule is OCCOCCNCC1CCCc2ccccc21. The van der Waals surface area contributed by atoms with Gasteiger partial charge in [-0.2, -0.15) is 0 Å². The number of rotatable bonds is 7. The standard InChI is InChI=1S/C15H23NO2/c17-9-11-18-10-8-16-12-14-6-3-5-13-4-1-2-7-15(13)14/h1-2,4,7,14,16-17H,3,5-6,8-12H2. The predicted octanol–water partition coefficient (Wildman–Crippen LogP) is 1.70. The molecule has 0 spiro atoms. The number of nitrogens with one attached hydrogen (secondary N) is 1. The van der Waals surface area contributed by atoms with E-state index in [9.17, 15) is 0 Å². The van der Waals surface area contributed by atoms with Crippen LogP contribution in [0.3, 0.4) is 0 Å². The van der Waals surface area contributed by atoms with Crippen LogP contribution in [-0.2, 0) is 11.2 Å². The number of ether oxygens (including phenoxy) is 1. The average Bonchev–Trinajstić information content (AvgIpc) is 2.43. The molecular weight excluding hydrogens is 226 g/mol. The first kappa shape index (κ1) is 13.5. The summed E-state index contributed by atoms with van der Waals surface area (Å²) in [5.74, 6) is 0.646. The molecule has 1 aliphatic rings. The van der Waals surface area contributed by atoms with Crippen molar-refractivity contribution in [2.75, 3.05) is 32.9 Å². The van der Waals surface area contributed by atoms with Crippen molar-refractivity contribution in [3.63, 3.8) is 0 Å². The van der Waals surface area contributed by atoms with Crippen LogP contribution in [0.4, 0.5) is 0 Å². The van der Waals surface area contributed by atoms with E-state index in [1.807, 2.05) is 0 Å². The van der Waals surface area contributed by atoms with Crippen LogP contribution >= 0.6 is 0 Å². The minimum atomic E-state index is 0.107. The first-order valence-electron chi connectivity index (χ1n) is 6.89. The fourth-order valence-corrected chi connectivity index (χ4v) is 2.65. The molecular formula is C15H23NO2. The fourth-order valence-electron chi connectivity index (χ4n) is 2.65. The molecule has 0 amide bonds. The maximum Gasteiger partial charge on any atom is 0.0698 e. The minimum Gasteiger partial charge on any atom is -0.394 e. The van der Waals surface area contributed by atoms with Gasteiger partial charge < -0.3 is 15.2 Å². The van der Waals surface area contributed by atoms with E-state index in [1.54, 1.807) is 0 Å². The van der Waals surface area contributed by atoms with Crippen LogP contribution in [0.1, 0.15) is 29.9 Å². The summed E-state index contributed by atoms with van der Waals surface area (Å²) < 4.78 is 5.23. The molecule has 2 N–H and O–H groups in total. The van der Waals surface area contributed by atoms with Gasteiger partial charge in [0, 0.05) is 13.1 Å². The van der Waals surface area contributed by atoms with Crippen LogP contribution in [0.15, 0.2) is 24.3 Å². The van der Waals surface area contributed by atoms with Gasteiger partial charge in [-0.05, 0) is 36.3 Å². The molecule has 0 aliphatic heterocycles. The number of aliphatic hydroxyl groups is 1. The summed E-state index contributed by atoms with van der Waals surface area (Å²) in [6, 6.07) is 8.80. The van der Waals surface area contributed by atoms with Crippen LogP contribution in [-0.4, -0.2) is 38.0 Å². The number of hydrogen-bond donors (Lipinski definition) is 2. The Morgan fingerprint density at radius 3 is 3.06 bits per heavy atom. The van der Waals surface area contributed by atoms with Crippen molar-refractivity contribution in [3.05, 3.63) is 35.4 Å². The van der Waals surface area contributed by atoms with E-state index in [1.165, 1.54) is 30.4 Å². The molecule has 3 nitrogen and oxygen atoms in total. The number of hydrogen-bond acceptors (Lipinski definition) is 3. The van der Waals surface area contributed by atoms with E-state index in [2.05, 4.69) is 29.6 Å². The second-order valence-electron chi connectivity index (χ2n) is 4.83. The van der Waals surface area contributed by atoms with E-state index in [4.69, 9.17) is 9.84 Å². The van der Waals surface area contributed by atoms with Crippen LogP contribution < -0.4 is 5.32 Å². The van der Waals surface area contributed by atoms with Gasteiger partial charge in [0.2, 0.25) is 0 Å². The molecule has 1 aliphatic carbocycles. The molecule has 3 heteroatoms. The van der Waals surface area contributed by atoms with Gasteiger partial charge in [0.05, 0.1) is 19.8 Å². The van der Waals surface area contributed by atoms with E-state index in [0.717, 1.165) is 13.1 Å². The lowest BCUT2D eigenvalue weighted by Gasteiger charge is -2.25. The third-order valence-electron chi connectivity index (χ3n) is 3.54. The van der Waals surface area contributed by atoms with Crippen LogP contribution in [0.2, 0.25) is 0 Å². The van der Waals surface area contributed by atoms with Gasteiger partial charge in [-0.15, -0.1) is 0 Å². The van der Waals surface area contributed by atoms with Gasteiger partial charge in [0.15, 0.2) is 0 Å². The monoisotopic (exact) mass is 249 g/mol. The minimum absolute atomic E-state index is 0.107. The Balaban J connectivity index is 1.74. The largest absolute Gasteiger partial charge is 0.394 e. The normalized spacial score (nSPS) is 18.6. The Morgan fingerprint density at radius 2 is 2.17 bits per heavy atom. The molecule has 18 heavy (non-hydrogen) atoms. The van der Waals surface area contributed by atoms with Gasteiger partial charge in [-0.3, -0.25) is 0 Å². The second-order valence-corrected chi connectivity index (χ2v) is 4.83. The zero-order valence-electron chi connectivity index (χ0n) is 10.9. The summed E-state index contributed by atoms with van der Waals surface area (Å²) in [4.78, 5) is 0. The molecule has 0 saturated heterocycles. The Labute approximate surface area is 109 Å². The molecule has 100 valence electrons. The Morgan fingerprint density at radius 1 is 1.28 bits per heavy atom. The van der Waals surface area contributed by atoms with Crippen molar-refractivity contribution in [3.8, 4) is 0 Å². The van der Waals surface area contributed by atoms with E-state index < -0.39 is 0 Å². The third kappa shape index (κ3) is 3.80. The molecule has 0 heterocycles. The topological polar surface area (TPSA) is 41.5 Å². The molecule has 0 radical (unpaired) electrons. The quantitative estimate of drug-likeness (QED) is 0.723. The van der Waals surface area contributed by atoms with Crippen LogP contribution in [0.5, 0.6) is 0 Å². The summed E-state index contributed by atoms with van der Waals surface area (Å²) in [5, 5.41) is 12.0. The lowest BCUT2D eigenvalue weighted by atomic mass is 9.83. The van der Waals surface area contributed by atoms with Crippen molar-refractivity contribution in [1.29, 1.82) is 0 Å². The number of aliphatic hydroxyl groups excluding tert-OH is 1. The highest BCUT2D eigenvalue weighted by atomic mass is 16.5. The summed E-state index contributed by atoms with van der Waals surface area (Å²) in [5.41, 5.74) is 3.04. The fraction of sp³-hybridized carbons (Fsp3) is 0.600. The zero-order chi connectivity index (χ0) is 12.6. The highest BCUT2D eigenvalue weighted by molar-refractivity contribution is 5.32. The molecule has 1 aromatic rings. The summed E-state index contributed by atoms with van der Waals surface area (Å²) in [7, 11) is 0. The molecule has 0 fully saturated rings. The van der Waals surface area contributed by atoms with Crippen molar-refractivity contribution >= 4 is 0 Å². The highest BCUT2D eigenvalue weighted by Crippen LogP contribution is 2.30. The summed E-state index contributed by atoms with van der Waals surface area (Å²) in [6.45, 7) is 3.11. The number of aryl methyl sites for hydroxylation is 1. The molecule has 0 bridgehead atoms. The molecule has 0 aromatic heterocycles. The van der Waals surface area contributed by atoms with Gasteiger partial charge in [0.1, 0.15) is 0 Å². The maximum absolute atomic E-state index is 8.59. The summed E-state index contributed by atoms with van der Waals surface area (Å²) in [6.07, 6.45) is 3.80. The summed E-state index contributed by atoms with van der Waals surface area (Å²) >= 11 is 0. The van der Waals surface area contributed by atoms with Crippen LogP contribution in [0.25, 0.3) is 0 Å². The van der Waals surface area contributed by atoms with Crippen LogP contribution in [0, 0.1) is 0 Å². The van der Waals surface area contributed by atoms with E-state index in [-0.39, 0.29) is 6.61 Å². The first-order valence-corrected chi connectivity index (χ1v) is 6.89. The Hall–Kier alpha value is -0.900. The van der Waals surface area contributed by atoms with E-state index in [0.29, 0.717) is 19.1 Å². The zero-order valence-corrected chi connectivity index (χ0v) is 10.9. The van der Waals surface area contributed by atoms with Crippen molar-refractivity contribution in [1.82, 2.24) is 5.32 Å². The molecule has 1 atom stereocenters. The number of fused-ring (bicyclic) bond motifs is 1. The average molecular weight is 249 g/mol. The van der Waals surface area contributed by atoms with Gasteiger partial charge in [-0.25, -0.2) is 0 Å². The molecule has 1 aromatic carbocycles. The van der Waals surface area contributed by atoms with Gasteiger partial charge >= 0.3 is 0 Å².